The van der Waals surface area contributed by atoms with E-state index in [0.717, 1.165) is 32.3 Å². The SMILES string of the molecule is O=C1/C(=C\Nc2ncc(-c3ccccc3)s2)Cc2ccccc21. The zero-order valence-electron chi connectivity index (χ0n) is 12.3. The summed E-state index contributed by atoms with van der Waals surface area (Å²) in [6.07, 6.45) is 4.32. The highest BCUT2D eigenvalue weighted by Gasteiger charge is 2.23. The second-order valence-electron chi connectivity index (χ2n) is 5.37. The number of benzene rings is 2. The largest absolute Gasteiger partial charge is 0.338 e. The lowest BCUT2D eigenvalue weighted by atomic mass is 10.1. The average Bonchev–Trinajstić information content (AvgIpc) is 3.19. The van der Waals surface area contributed by atoms with Gasteiger partial charge in [0.1, 0.15) is 0 Å². The van der Waals surface area contributed by atoms with Crippen LogP contribution in [0.4, 0.5) is 5.13 Å². The van der Waals surface area contributed by atoms with E-state index >= 15 is 0 Å². The fraction of sp³-hybridized carbons (Fsp3) is 0.0526. The summed E-state index contributed by atoms with van der Waals surface area (Å²) in [5, 5.41) is 3.96. The van der Waals surface area contributed by atoms with Crippen molar-refractivity contribution >= 4 is 22.3 Å². The van der Waals surface area contributed by atoms with E-state index in [0.29, 0.717) is 6.42 Å². The second kappa shape index (κ2) is 5.82. The zero-order valence-corrected chi connectivity index (χ0v) is 13.1. The van der Waals surface area contributed by atoms with Crippen molar-refractivity contribution in [2.75, 3.05) is 5.32 Å². The lowest BCUT2D eigenvalue weighted by molar-refractivity contribution is 0.103. The molecule has 2 aromatic carbocycles. The van der Waals surface area contributed by atoms with Crippen LogP contribution in [0.15, 0.2) is 72.6 Å². The van der Waals surface area contributed by atoms with Crippen LogP contribution in [0.25, 0.3) is 10.4 Å². The Kier molecular flexibility index (Phi) is 3.52. The Labute approximate surface area is 138 Å². The minimum atomic E-state index is 0.105. The number of rotatable bonds is 3. The number of hydrogen-bond acceptors (Lipinski definition) is 4. The molecule has 1 N–H and O–H groups in total. The second-order valence-corrected chi connectivity index (χ2v) is 6.40. The van der Waals surface area contributed by atoms with Crippen molar-refractivity contribution in [2.24, 2.45) is 0 Å². The molecule has 1 aliphatic carbocycles. The van der Waals surface area contributed by atoms with Crippen molar-refractivity contribution in [1.29, 1.82) is 0 Å². The maximum atomic E-state index is 12.3. The molecule has 0 saturated heterocycles. The third-order valence-electron chi connectivity index (χ3n) is 3.87. The summed E-state index contributed by atoms with van der Waals surface area (Å²) in [4.78, 5) is 17.8. The van der Waals surface area contributed by atoms with Gasteiger partial charge in [-0.25, -0.2) is 4.98 Å². The number of nitrogens with one attached hydrogen (secondary N) is 1. The van der Waals surface area contributed by atoms with E-state index < -0.39 is 0 Å². The van der Waals surface area contributed by atoms with Gasteiger partial charge in [-0.15, -0.1) is 0 Å². The number of anilines is 1. The molecule has 23 heavy (non-hydrogen) atoms. The van der Waals surface area contributed by atoms with E-state index in [1.807, 2.05) is 48.7 Å². The number of carbonyl (C=O) groups excluding carboxylic acids is 1. The van der Waals surface area contributed by atoms with Crippen LogP contribution >= 0.6 is 11.3 Å². The molecule has 0 bridgehead atoms. The molecule has 4 heteroatoms. The number of nitrogens with zero attached hydrogens (tertiary/aromatic N) is 1. The van der Waals surface area contributed by atoms with Gasteiger partial charge < -0.3 is 5.32 Å². The quantitative estimate of drug-likeness (QED) is 0.721. The third kappa shape index (κ3) is 2.69. The van der Waals surface area contributed by atoms with Crippen molar-refractivity contribution < 1.29 is 4.79 Å². The topological polar surface area (TPSA) is 42.0 Å². The van der Waals surface area contributed by atoms with Crippen molar-refractivity contribution in [2.45, 2.75) is 6.42 Å². The summed E-state index contributed by atoms with van der Waals surface area (Å²) in [6.45, 7) is 0. The van der Waals surface area contributed by atoms with Gasteiger partial charge >= 0.3 is 0 Å². The highest BCUT2D eigenvalue weighted by Crippen LogP contribution is 2.30. The predicted molar refractivity (Wildman–Crippen MR) is 93.7 cm³/mol. The van der Waals surface area contributed by atoms with Crippen LogP contribution in [0.3, 0.4) is 0 Å². The van der Waals surface area contributed by atoms with Gasteiger partial charge in [-0.2, -0.15) is 0 Å². The number of carbonyl (C=O) groups is 1. The number of ketones is 1. The molecule has 0 amide bonds. The molecule has 0 spiro atoms. The first-order valence-corrected chi connectivity index (χ1v) is 8.22. The monoisotopic (exact) mass is 318 g/mol. The van der Waals surface area contributed by atoms with Crippen LogP contribution in [0, 0.1) is 0 Å². The molecule has 0 aliphatic heterocycles. The van der Waals surface area contributed by atoms with Gasteiger partial charge in [0, 0.05) is 30.0 Å². The van der Waals surface area contributed by atoms with Crippen LogP contribution < -0.4 is 5.32 Å². The molecule has 1 aromatic heterocycles. The molecule has 0 fully saturated rings. The number of Topliss-reactive ketones (excluding diaryl/α,β-unsaturated/α-hetero) is 1. The molecular formula is C19H14N2OS. The van der Waals surface area contributed by atoms with Crippen LogP contribution in [0.2, 0.25) is 0 Å². The standard InChI is InChI=1S/C19H14N2OS/c22-18-15(10-14-8-4-5-9-16(14)18)11-20-19-21-12-17(23-19)13-6-2-1-3-7-13/h1-9,11-12H,10H2,(H,20,21)/b15-11-. The summed E-state index contributed by atoms with van der Waals surface area (Å²) in [5.41, 5.74) is 3.83. The molecule has 1 aliphatic rings. The van der Waals surface area contributed by atoms with Crippen LogP contribution in [0.1, 0.15) is 15.9 Å². The van der Waals surface area contributed by atoms with Crippen LogP contribution in [-0.4, -0.2) is 10.8 Å². The van der Waals surface area contributed by atoms with E-state index in [1.165, 1.54) is 0 Å². The summed E-state index contributed by atoms with van der Waals surface area (Å²) in [6, 6.07) is 17.9. The average molecular weight is 318 g/mol. The number of aromatic nitrogens is 1. The van der Waals surface area contributed by atoms with E-state index in [-0.39, 0.29) is 5.78 Å². The minimum Gasteiger partial charge on any atom is -0.338 e. The molecule has 0 unspecified atom stereocenters. The van der Waals surface area contributed by atoms with Gasteiger partial charge in [0.25, 0.3) is 0 Å². The number of hydrogen-bond donors (Lipinski definition) is 1. The highest BCUT2D eigenvalue weighted by molar-refractivity contribution is 7.18. The Morgan fingerprint density at radius 3 is 2.65 bits per heavy atom. The Morgan fingerprint density at radius 1 is 1.04 bits per heavy atom. The Morgan fingerprint density at radius 2 is 1.83 bits per heavy atom. The first-order chi connectivity index (χ1) is 11.3. The third-order valence-corrected chi connectivity index (χ3v) is 4.85. The van der Waals surface area contributed by atoms with Crippen molar-refractivity contribution in [3.8, 4) is 10.4 Å². The lowest BCUT2D eigenvalue weighted by Crippen LogP contribution is -1.98. The highest BCUT2D eigenvalue weighted by atomic mass is 32.1. The van der Waals surface area contributed by atoms with E-state index in [4.69, 9.17) is 0 Å². The van der Waals surface area contributed by atoms with Crippen molar-refractivity contribution in [3.63, 3.8) is 0 Å². The minimum absolute atomic E-state index is 0.105. The Bertz CT molecular complexity index is 896. The molecule has 1 heterocycles. The number of thiazole rings is 1. The van der Waals surface area contributed by atoms with Gasteiger partial charge in [0.05, 0.1) is 4.88 Å². The molecule has 0 atom stereocenters. The smallest absolute Gasteiger partial charge is 0.191 e. The summed E-state index contributed by atoms with van der Waals surface area (Å²) in [7, 11) is 0. The molecule has 0 radical (unpaired) electrons. The summed E-state index contributed by atoms with van der Waals surface area (Å²) < 4.78 is 0. The van der Waals surface area contributed by atoms with Crippen molar-refractivity contribution in [1.82, 2.24) is 4.98 Å². The van der Waals surface area contributed by atoms with Gasteiger partial charge in [0.2, 0.25) is 0 Å². The molecule has 3 nitrogen and oxygen atoms in total. The maximum Gasteiger partial charge on any atom is 0.191 e. The van der Waals surface area contributed by atoms with Gasteiger partial charge in [0.15, 0.2) is 10.9 Å². The fourth-order valence-corrected chi connectivity index (χ4v) is 3.49. The van der Waals surface area contributed by atoms with Gasteiger partial charge in [-0.3, -0.25) is 4.79 Å². The van der Waals surface area contributed by atoms with Crippen LogP contribution in [-0.2, 0) is 6.42 Å². The van der Waals surface area contributed by atoms with E-state index in [1.54, 1.807) is 17.5 Å². The van der Waals surface area contributed by atoms with Gasteiger partial charge in [-0.05, 0) is 11.1 Å². The Balaban J connectivity index is 1.52. The van der Waals surface area contributed by atoms with E-state index in [9.17, 15) is 4.79 Å². The molecule has 3 aromatic rings. The molecule has 4 rings (SSSR count). The maximum absolute atomic E-state index is 12.3. The molecular weight excluding hydrogens is 304 g/mol. The fourth-order valence-electron chi connectivity index (χ4n) is 2.70. The lowest BCUT2D eigenvalue weighted by Gasteiger charge is -1.97. The zero-order chi connectivity index (χ0) is 15.6. The first-order valence-electron chi connectivity index (χ1n) is 7.41. The van der Waals surface area contributed by atoms with Crippen molar-refractivity contribution in [3.05, 3.63) is 83.7 Å². The number of fused-ring (bicyclic) bond motifs is 1. The first kappa shape index (κ1) is 13.9. The predicted octanol–water partition coefficient (Wildman–Crippen LogP) is 4.54. The summed E-state index contributed by atoms with van der Waals surface area (Å²) in [5.74, 6) is 0.105. The molecule has 0 saturated carbocycles. The van der Waals surface area contributed by atoms with Gasteiger partial charge in [-0.1, -0.05) is 65.9 Å². The van der Waals surface area contributed by atoms with E-state index in [2.05, 4.69) is 22.4 Å². The molecule has 112 valence electrons. The Hall–Kier alpha value is -2.72. The van der Waals surface area contributed by atoms with Crippen LogP contribution in [0.5, 0.6) is 0 Å². The number of allylic oxidation sites excluding steroid dienone is 1. The normalized spacial score (nSPS) is 15.0. The summed E-state index contributed by atoms with van der Waals surface area (Å²) >= 11 is 1.58.